The van der Waals surface area contributed by atoms with E-state index < -0.39 is 17.4 Å². The van der Waals surface area contributed by atoms with Crippen molar-refractivity contribution in [2.45, 2.75) is 44.9 Å². The Kier molecular flexibility index (Phi) is 3.81. The molecule has 1 aliphatic rings. The van der Waals surface area contributed by atoms with E-state index in [9.17, 15) is 9.90 Å². The maximum absolute atomic E-state index is 12.2. The van der Waals surface area contributed by atoms with Gasteiger partial charge in [0, 0.05) is 28.7 Å². The number of amides is 1. The number of hydrogen-bond acceptors (Lipinski definition) is 3. The molecule has 0 aliphatic carbocycles. The number of fused-ring (bicyclic) bond motifs is 1. The van der Waals surface area contributed by atoms with Gasteiger partial charge in [0.15, 0.2) is 11.3 Å². The summed E-state index contributed by atoms with van der Waals surface area (Å²) < 4.78 is 5.41. The molecule has 2 aromatic rings. The number of cyclic esters (lactones) is 1. The van der Waals surface area contributed by atoms with Crippen LogP contribution in [0.3, 0.4) is 0 Å². The number of nitrogens with zero attached hydrogens (tertiary/aromatic N) is 1. The Morgan fingerprint density at radius 3 is 2.78 bits per heavy atom. The minimum absolute atomic E-state index is 0.376. The van der Waals surface area contributed by atoms with Crippen molar-refractivity contribution in [1.29, 1.82) is 0 Å². The van der Waals surface area contributed by atoms with Gasteiger partial charge in [-0.15, -0.1) is 0 Å². The van der Waals surface area contributed by atoms with E-state index in [0.717, 1.165) is 16.5 Å². The highest BCUT2D eigenvalue weighted by Crippen LogP contribution is 2.39. The number of rotatable bonds is 4. The standard InChI is InChI=1S/C17H21ClN2O3/c1-4-16(2)17(3,22)20(15(21)23-16)8-7-11-10-19-14-6-5-12(18)9-13(11)14/h5-6,9-10,19,22H,4,7-8H2,1-3H3/t16-,17+/m1/s1. The third-order valence-corrected chi connectivity index (χ3v) is 5.30. The first-order valence-electron chi connectivity index (χ1n) is 7.77. The Labute approximate surface area is 140 Å². The van der Waals surface area contributed by atoms with Gasteiger partial charge < -0.3 is 14.8 Å². The van der Waals surface area contributed by atoms with E-state index >= 15 is 0 Å². The van der Waals surface area contributed by atoms with Crippen molar-refractivity contribution in [2.75, 3.05) is 6.54 Å². The average Bonchev–Trinajstić information content (AvgIpc) is 2.95. The molecule has 2 N–H and O–H groups in total. The lowest BCUT2D eigenvalue weighted by molar-refractivity contribution is -0.137. The molecule has 0 bridgehead atoms. The first kappa shape index (κ1) is 16.1. The number of carbonyl (C=O) groups excluding carboxylic acids is 1. The van der Waals surface area contributed by atoms with Crippen LogP contribution < -0.4 is 0 Å². The monoisotopic (exact) mass is 336 g/mol. The zero-order valence-corrected chi connectivity index (χ0v) is 14.3. The number of aromatic nitrogens is 1. The number of nitrogens with one attached hydrogen (secondary N) is 1. The smallest absolute Gasteiger partial charge is 0.412 e. The number of benzene rings is 1. The molecule has 1 aromatic carbocycles. The summed E-state index contributed by atoms with van der Waals surface area (Å²) in [7, 11) is 0. The highest BCUT2D eigenvalue weighted by atomic mass is 35.5. The Bertz CT molecular complexity index is 755. The number of H-pyrrole nitrogens is 1. The van der Waals surface area contributed by atoms with E-state index in [-0.39, 0.29) is 0 Å². The van der Waals surface area contributed by atoms with Crippen molar-refractivity contribution >= 4 is 28.6 Å². The van der Waals surface area contributed by atoms with Crippen LogP contribution in [0, 0.1) is 0 Å². The molecule has 2 atom stereocenters. The molecule has 1 aliphatic heterocycles. The van der Waals surface area contributed by atoms with Crippen molar-refractivity contribution in [3.05, 3.63) is 35.0 Å². The van der Waals surface area contributed by atoms with Gasteiger partial charge >= 0.3 is 6.09 Å². The lowest BCUT2D eigenvalue weighted by atomic mass is 9.90. The van der Waals surface area contributed by atoms with Gasteiger partial charge in [-0.05, 0) is 50.5 Å². The summed E-state index contributed by atoms with van der Waals surface area (Å²) in [5, 5.41) is 12.5. The van der Waals surface area contributed by atoms with Gasteiger partial charge in [-0.2, -0.15) is 0 Å². The fraction of sp³-hybridized carbons (Fsp3) is 0.471. The molecular weight excluding hydrogens is 316 g/mol. The minimum atomic E-state index is -1.33. The fourth-order valence-corrected chi connectivity index (χ4v) is 3.29. The molecule has 3 rings (SSSR count). The molecule has 0 radical (unpaired) electrons. The SMILES string of the molecule is CC[C@@]1(C)OC(=O)N(CCc2c[nH]c3ccc(Cl)cc23)[C@@]1(C)O. The molecule has 0 spiro atoms. The third-order valence-electron chi connectivity index (χ3n) is 5.07. The normalized spacial score (nSPS) is 27.7. The quantitative estimate of drug-likeness (QED) is 0.894. The average molecular weight is 337 g/mol. The Morgan fingerprint density at radius 1 is 1.39 bits per heavy atom. The fourth-order valence-electron chi connectivity index (χ4n) is 3.11. The second-order valence-electron chi connectivity index (χ2n) is 6.38. The van der Waals surface area contributed by atoms with Crippen LogP contribution >= 0.6 is 11.6 Å². The molecule has 6 heteroatoms. The molecule has 0 unspecified atom stereocenters. The molecular formula is C17H21ClN2O3. The summed E-state index contributed by atoms with van der Waals surface area (Å²) in [6, 6.07) is 5.66. The second-order valence-corrected chi connectivity index (χ2v) is 6.82. The van der Waals surface area contributed by atoms with E-state index in [1.54, 1.807) is 13.8 Å². The predicted octanol–water partition coefficient (Wildman–Crippen LogP) is 3.69. The van der Waals surface area contributed by atoms with Gasteiger partial charge in [0.2, 0.25) is 0 Å². The van der Waals surface area contributed by atoms with Crippen LogP contribution in [0.5, 0.6) is 0 Å². The Hall–Kier alpha value is -1.72. The number of aromatic amines is 1. The van der Waals surface area contributed by atoms with Gasteiger partial charge in [-0.3, -0.25) is 4.90 Å². The minimum Gasteiger partial charge on any atom is -0.438 e. The van der Waals surface area contributed by atoms with Crippen LogP contribution in [-0.2, 0) is 11.2 Å². The molecule has 2 heterocycles. The summed E-state index contributed by atoms with van der Waals surface area (Å²) in [6.45, 7) is 5.66. The van der Waals surface area contributed by atoms with E-state index in [1.807, 2.05) is 31.3 Å². The van der Waals surface area contributed by atoms with Crippen LogP contribution in [0.2, 0.25) is 5.02 Å². The summed E-state index contributed by atoms with van der Waals surface area (Å²) in [5.41, 5.74) is -0.175. The maximum Gasteiger partial charge on any atom is 0.412 e. The highest BCUT2D eigenvalue weighted by Gasteiger charge is 2.57. The molecule has 1 fully saturated rings. The molecule has 1 aromatic heterocycles. The van der Waals surface area contributed by atoms with Gasteiger partial charge in [0.1, 0.15) is 0 Å². The Morgan fingerprint density at radius 2 is 2.13 bits per heavy atom. The summed E-state index contributed by atoms with van der Waals surface area (Å²) in [5.74, 6) is 0. The van der Waals surface area contributed by atoms with E-state index in [0.29, 0.717) is 24.4 Å². The van der Waals surface area contributed by atoms with Gasteiger partial charge in [0.25, 0.3) is 0 Å². The lowest BCUT2D eigenvalue weighted by Crippen LogP contribution is -2.55. The lowest BCUT2D eigenvalue weighted by Gasteiger charge is -2.36. The zero-order valence-electron chi connectivity index (χ0n) is 13.5. The second kappa shape index (κ2) is 5.42. The molecule has 23 heavy (non-hydrogen) atoms. The van der Waals surface area contributed by atoms with Gasteiger partial charge in [0.05, 0.1) is 0 Å². The van der Waals surface area contributed by atoms with Crippen molar-refractivity contribution in [3.8, 4) is 0 Å². The van der Waals surface area contributed by atoms with Crippen molar-refractivity contribution in [2.24, 2.45) is 0 Å². The van der Waals surface area contributed by atoms with Crippen LogP contribution in [-0.4, -0.2) is 39.0 Å². The van der Waals surface area contributed by atoms with Gasteiger partial charge in [-0.25, -0.2) is 4.79 Å². The van der Waals surface area contributed by atoms with Crippen LogP contribution in [0.1, 0.15) is 32.8 Å². The molecule has 5 nitrogen and oxygen atoms in total. The number of aliphatic hydroxyl groups is 1. The zero-order chi connectivity index (χ0) is 16.8. The number of ether oxygens (including phenoxy) is 1. The summed E-state index contributed by atoms with van der Waals surface area (Å²) in [6.07, 6.45) is 2.59. The number of hydrogen-bond donors (Lipinski definition) is 2. The van der Waals surface area contributed by atoms with Crippen LogP contribution in [0.15, 0.2) is 24.4 Å². The van der Waals surface area contributed by atoms with E-state index in [4.69, 9.17) is 16.3 Å². The first-order valence-corrected chi connectivity index (χ1v) is 8.15. The van der Waals surface area contributed by atoms with Crippen molar-refractivity contribution in [1.82, 2.24) is 9.88 Å². The maximum atomic E-state index is 12.2. The van der Waals surface area contributed by atoms with Crippen LogP contribution in [0.25, 0.3) is 10.9 Å². The van der Waals surface area contributed by atoms with Crippen molar-refractivity contribution < 1.29 is 14.6 Å². The number of carbonyl (C=O) groups is 1. The molecule has 1 amide bonds. The summed E-state index contributed by atoms with van der Waals surface area (Å²) >= 11 is 6.06. The number of halogens is 1. The Balaban J connectivity index is 1.82. The topological polar surface area (TPSA) is 65.6 Å². The van der Waals surface area contributed by atoms with Crippen molar-refractivity contribution in [3.63, 3.8) is 0 Å². The molecule has 1 saturated heterocycles. The summed E-state index contributed by atoms with van der Waals surface area (Å²) in [4.78, 5) is 16.8. The first-order chi connectivity index (χ1) is 10.8. The van der Waals surface area contributed by atoms with E-state index in [1.165, 1.54) is 4.90 Å². The van der Waals surface area contributed by atoms with Gasteiger partial charge in [-0.1, -0.05) is 18.5 Å². The largest absolute Gasteiger partial charge is 0.438 e. The third kappa shape index (κ3) is 2.48. The predicted molar refractivity (Wildman–Crippen MR) is 89.5 cm³/mol. The molecule has 124 valence electrons. The highest BCUT2D eigenvalue weighted by molar-refractivity contribution is 6.31. The van der Waals surface area contributed by atoms with E-state index in [2.05, 4.69) is 4.98 Å². The van der Waals surface area contributed by atoms with Crippen LogP contribution in [0.4, 0.5) is 4.79 Å². The molecule has 0 saturated carbocycles.